The molecule has 1 aliphatic carbocycles. The quantitative estimate of drug-likeness (QED) is 0.201. The number of ether oxygens (including phenoxy) is 1. The lowest BCUT2D eigenvalue weighted by Gasteiger charge is -2.19. The fourth-order valence-electron chi connectivity index (χ4n) is 4.42. The zero-order valence-corrected chi connectivity index (χ0v) is 19.0. The van der Waals surface area contributed by atoms with Crippen molar-refractivity contribution in [3.8, 4) is 16.9 Å². The third-order valence-corrected chi connectivity index (χ3v) is 6.22. The van der Waals surface area contributed by atoms with Gasteiger partial charge in [-0.15, -0.1) is 0 Å². The van der Waals surface area contributed by atoms with Gasteiger partial charge in [-0.2, -0.15) is 0 Å². The normalized spacial score (nSPS) is 13.8. The summed E-state index contributed by atoms with van der Waals surface area (Å²) < 4.78 is 5.42. The van der Waals surface area contributed by atoms with Crippen molar-refractivity contribution in [1.82, 2.24) is 5.32 Å². The summed E-state index contributed by atoms with van der Waals surface area (Å²) >= 11 is 0. The summed E-state index contributed by atoms with van der Waals surface area (Å²) in [5.74, 6) is -0.926. The number of rotatable bonds is 9. The number of benzene rings is 3. The highest BCUT2D eigenvalue weighted by Crippen LogP contribution is 2.44. The molecule has 2 unspecified atom stereocenters. The molecular weight excluding hydrogens is 468 g/mol. The van der Waals surface area contributed by atoms with Gasteiger partial charge in [0.25, 0.3) is 0 Å². The number of carbonyl (C=O) groups excluding carboxylic acids is 2. The zero-order valence-electron chi connectivity index (χ0n) is 19.0. The molecule has 3 aromatic rings. The number of aliphatic hydroxyl groups is 2. The first-order chi connectivity index (χ1) is 17.3. The molecule has 0 saturated heterocycles. The minimum atomic E-state index is -1.59. The van der Waals surface area contributed by atoms with Gasteiger partial charge in [-0.1, -0.05) is 48.5 Å². The Bertz CT molecular complexity index is 1260. The second-order valence-corrected chi connectivity index (χ2v) is 8.41. The van der Waals surface area contributed by atoms with E-state index in [9.17, 15) is 35.0 Å². The maximum atomic E-state index is 12.3. The van der Waals surface area contributed by atoms with Gasteiger partial charge in [-0.3, -0.25) is 14.9 Å². The van der Waals surface area contributed by atoms with Crippen molar-refractivity contribution in [2.45, 2.75) is 24.5 Å². The Balaban J connectivity index is 1.32. The molecule has 0 radical (unpaired) electrons. The standard InChI is InChI=1S/C26H24N2O8/c29-13-16-11-15(12-22(24(16)31)28(34)35)25(32)23(30)9-10-27-26(33)36-14-21-19-7-3-1-5-17(19)18-6-2-4-8-20(18)21/h1-8,11-13,21,23,25,30-32H,9-10,14H2,(H,27,33). The number of hydrogen-bond acceptors (Lipinski definition) is 8. The van der Waals surface area contributed by atoms with Crippen molar-refractivity contribution < 1.29 is 34.6 Å². The highest BCUT2D eigenvalue weighted by atomic mass is 16.6. The maximum absolute atomic E-state index is 12.3. The van der Waals surface area contributed by atoms with Gasteiger partial charge in [-0.25, -0.2) is 4.79 Å². The van der Waals surface area contributed by atoms with E-state index in [-0.39, 0.29) is 42.9 Å². The van der Waals surface area contributed by atoms with Crippen LogP contribution in [0.15, 0.2) is 60.7 Å². The van der Waals surface area contributed by atoms with Crippen LogP contribution in [0.1, 0.15) is 45.5 Å². The molecule has 0 spiro atoms. The SMILES string of the molecule is O=Cc1cc(C(O)C(O)CCNC(=O)OCC2c3ccccc3-c3ccccc32)cc([N+](=O)[O-])c1O. The number of nitrogens with zero attached hydrogens (tertiary/aromatic N) is 1. The van der Waals surface area contributed by atoms with E-state index >= 15 is 0 Å². The number of phenolic OH excluding ortho intramolecular Hbond substituents is 1. The first kappa shape index (κ1) is 24.8. The summed E-state index contributed by atoms with van der Waals surface area (Å²) in [6, 6.07) is 17.8. The number of aldehydes is 1. The van der Waals surface area contributed by atoms with E-state index in [1.165, 1.54) is 0 Å². The second kappa shape index (κ2) is 10.5. The fourth-order valence-corrected chi connectivity index (χ4v) is 4.42. The van der Waals surface area contributed by atoms with Gasteiger partial charge < -0.3 is 25.4 Å². The fraction of sp³-hybridized carbons (Fsp3) is 0.231. The van der Waals surface area contributed by atoms with Crippen LogP contribution in [0, 0.1) is 10.1 Å². The lowest BCUT2D eigenvalue weighted by molar-refractivity contribution is -0.386. The van der Waals surface area contributed by atoms with Crippen LogP contribution >= 0.6 is 0 Å². The van der Waals surface area contributed by atoms with E-state index in [0.29, 0.717) is 0 Å². The van der Waals surface area contributed by atoms with E-state index in [2.05, 4.69) is 5.32 Å². The topological polar surface area (TPSA) is 159 Å². The first-order valence-electron chi connectivity index (χ1n) is 11.2. The lowest BCUT2D eigenvalue weighted by Crippen LogP contribution is -2.30. The zero-order chi connectivity index (χ0) is 25.8. The Hall–Kier alpha value is -4.28. The van der Waals surface area contributed by atoms with Crippen molar-refractivity contribution in [2.75, 3.05) is 13.2 Å². The molecule has 10 heteroatoms. The van der Waals surface area contributed by atoms with E-state index in [4.69, 9.17) is 4.74 Å². The molecule has 4 N–H and O–H groups in total. The molecule has 1 amide bonds. The molecule has 0 aromatic heterocycles. The molecule has 186 valence electrons. The summed E-state index contributed by atoms with van der Waals surface area (Å²) in [7, 11) is 0. The van der Waals surface area contributed by atoms with E-state index in [1.54, 1.807) is 0 Å². The largest absolute Gasteiger partial charge is 0.502 e. The number of fused-ring (bicyclic) bond motifs is 3. The minimum Gasteiger partial charge on any atom is -0.502 e. The highest BCUT2D eigenvalue weighted by Gasteiger charge is 2.29. The number of carbonyl (C=O) groups is 2. The van der Waals surface area contributed by atoms with Crippen LogP contribution in [0.2, 0.25) is 0 Å². The van der Waals surface area contributed by atoms with E-state index < -0.39 is 34.7 Å². The number of alkyl carbamates (subject to hydrolysis) is 1. The number of amides is 1. The number of aliphatic hydroxyl groups excluding tert-OH is 2. The van der Waals surface area contributed by atoms with Crippen molar-refractivity contribution in [2.24, 2.45) is 0 Å². The molecular formula is C26H24N2O8. The van der Waals surface area contributed by atoms with Gasteiger partial charge >= 0.3 is 11.8 Å². The Morgan fingerprint density at radius 1 is 1.08 bits per heavy atom. The number of nitro benzene ring substituents is 1. The Morgan fingerprint density at radius 2 is 1.69 bits per heavy atom. The molecule has 0 heterocycles. The average Bonchev–Trinajstić information content (AvgIpc) is 3.20. The minimum absolute atomic E-state index is 0.0460. The molecule has 10 nitrogen and oxygen atoms in total. The lowest BCUT2D eigenvalue weighted by atomic mass is 9.98. The monoisotopic (exact) mass is 492 g/mol. The number of aromatic hydroxyl groups is 1. The Labute approximate surface area is 205 Å². The summed E-state index contributed by atoms with van der Waals surface area (Å²) in [4.78, 5) is 33.6. The van der Waals surface area contributed by atoms with E-state index in [0.717, 1.165) is 34.4 Å². The van der Waals surface area contributed by atoms with Crippen molar-refractivity contribution in [3.05, 3.63) is 93.0 Å². The number of hydrogen-bond donors (Lipinski definition) is 4. The van der Waals surface area contributed by atoms with Gasteiger partial charge in [0.1, 0.15) is 12.7 Å². The van der Waals surface area contributed by atoms with Crippen LogP contribution in [-0.4, -0.2) is 51.9 Å². The van der Waals surface area contributed by atoms with Gasteiger partial charge in [0.05, 0.1) is 16.6 Å². The predicted octanol–water partition coefficient (Wildman–Crippen LogP) is 3.44. The molecule has 0 fully saturated rings. The van der Waals surface area contributed by atoms with Gasteiger partial charge in [-0.05, 0) is 40.3 Å². The summed E-state index contributed by atoms with van der Waals surface area (Å²) in [5.41, 5.74) is 3.08. The van der Waals surface area contributed by atoms with Gasteiger partial charge in [0.15, 0.2) is 6.29 Å². The van der Waals surface area contributed by atoms with Crippen LogP contribution in [0.4, 0.5) is 10.5 Å². The Kier molecular flexibility index (Phi) is 7.28. The second-order valence-electron chi connectivity index (χ2n) is 8.41. The number of phenols is 1. The maximum Gasteiger partial charge on any atom is 0.407 e. The molecule has 4 rings (SSSR count). The smallest absolute Gasteiger partial charge is 0.407 e. The third kappa shape index (κ3) is 4.90. The van der Waals surface area contributed by atoms with Crippen LogP contribution in [0.25, 0.3) is 11.1 Å². The Morgan fingerprint density at radius 3 is 2.28 bits per heavy atom. The molecule has 2 atom stereocenters. The van der Waals surface area contributed by atoms with Crippen molar-refractivity contribution >= 4 is 18.1 Å². The van der Waals surface area contributed by atoms with Crippen LogP contribution in [0.3, 0.4) is 0 Å². The molecule has 3 aromatic carbocycles. The number of nitrogens with one attached hydrogen (secondary N) is 1. The van der Waals surface area contributed by atoms with Crippen LogP contribution in [0.5, 0.6) is 5.75 Å². The predicted molar refractivity (Wildman–Crippen MR) is 129 cm³/mol. The van der Waals surface area contributed by atoms with Gasteiger partial charge in [0, 0.05) is 18.5 Å². The highest BCUT2D eigenvalue weighted by molar-refractivity contribution is 5.82. The molecule has 0 bridgehead atoms. The van der Waals surface area contributed by atoms with Crippen LogP contribution < -0.4 is 5.32 Å². The first-order valence-corrected chi connectivity index (χ1v) is 11.2. The third-order valence-electron chi connectivity index (χ3n) is 6.22. The van der Waals surface area contributed by atoms with Gasteiger partial charge in [0.2, 0.25) is 5.75 Å². The molecule has 0 aliphatic heterocycles. The van der Waals surface area contributed by atoms with Crippen LogP contribution in [-0.2, 0) is 4.74 Å². The molecule has 1 aliphatic rings. The van der Waals surface area contributed by atoms with Crippen molar-refractivity contribution in [1.29, 1.82) is 0 Å². The summed E-state index contributed by atoms with van der Waals surface area (Å²) in [6.07, 6.45) is -3.59. The molecule has 36 heavy (non-hydrogen) atoms. The number of nitro groups is 1. The summed E-state index contributed by atoms with van der Waals surface area (Å²) in [6.45, 7) is 0.0757. The summed E-state index contributed by atoms with van der Waals surface area (Å²) in [5, 5.41) is 44.1. The average molecular weight is 492 g/mol. The van der Waals surface area contributed by atoms with Crippen molar-refractivity contribution in [3.63, 3.8) is 0 Å². The van der Waals surface area contributed by atoms with E-state index in [1.807, 2.05) is 48.5 Å². The molecule has 0 saturated carbocycles.